The fraction of sp³-hybridized carbons (Fsp3) is 0.190. The molecule has 0 atom stereocenters. The van der Waals surface area contributed by atoms with Crippen molar-refractivity contribution in [3.05, 3.63) is 63.6 Å². The number of carbonyl (C=O) groups excluding carboxylic acids is 2. The molecule has 0 unspecified atom stereocenters. The first-order valence-corrected chi connectivity index (χ1v) is 10.2. The molecular formula is C21H19Cl2N3O2S. The molecule has 8 heteroatoms. The van der Waals surface area contributed by atoms with Crippen LogP contribution < -0.4 is 15.1 Å². The average molecular weight is 448 g/mol. The van der Waals surface area contributed by atoms with Gasteiger partial charge in [-0.3, -0.25) is 19.8 Å². The number of anilines is 2. The van der Waals surface area contributed by atoms with E-state index in [0.717, 1.165) is 24.3 Å². The smallest absolute Gasteiger partial charge is 0.270 e. The number of carbonyl (C=O) groups is 2. The molecule has 0 aromatic heterocycles. The van der Waals surface area contributed by atoms with Crippen LogP contribution in [0.4, 0.5) is 11.4 Å². The third kappa shape index (κ3) is 4.29. The zero-order valence-corrected chi connectivity index (χ0v) is 18.2. The molecular weight excluding hydrogens is 429 g/mol. The molecule has 1 saturated heterocycles. The van der Waals surface area contributed by atoms with Crippen LogP contribution in [-0.4, -0.2) is 30.0 Å². The molecule has 29 heavy (non-hydrogen) atoms. The van der Waals surface area contributed by atoms with E-state index in [4.69, 9.17) is 35.4 Å². The Kier molecular flexibility index (Phi) is 6.57. The minimum Gasteiger partial charge on any atom is -0.372 e. The van der Waals surface area contributed by atoms with Crippen molar-refractivity contribution in [3.8, 4) is 0 Å². The molecule has 5 nitrogen and oxygen atoms in total. The van der Waals surface area contributed by atoms with Crippen molar-refractivity contribution in [3.63, 3.8) is 0 Å². The lowest BCUT2D eigenvalue weighted by Gasteiger charge is -2.29. The van der Waals surface area contributed by atoms with Crippen molar-refractivity contribution >= 4 is 69.8 Å². The first-order valence-electron chi connectivity index (χ1n) is 9.07. The maximum atomic E-state index is 13.1. The zero-order chi connectivity index (χ0) is 21.1. The molecule has 1 aliphatic rings. The fourth-order valence-corrected chi connectivity index (χ4v) is 3.73. The van der Waals surface area contributed by atoms with E-state index in [0.29, 0.717) is 5.69 Å². The summed E-state index contributed by atoms with van der Waals surface area (Å²) < 4.78 is 0. The number of thiocarbonyl (C=S) groups is 1. The Bertz CT molecular complexity index is 1000. The molecule has 0 radical (unpaired) electrons. The van der Waals surface area contributed by atoms with Crippen molar-refractivity contribution in [2.24, 2.45) is 0 Å². The van der Waals surface area contributed by atoms with Gasteiger partial charge >= 0.3 is 0 Å². The topological polar surface area (TPSA) is 52.7 Å². The highest BCUT2D eigenvalue weighted by Crippen LogP contribution is 2.34. The van der Waals surface area contributed by atoms with Gasteiger partial charge in [-0.1, -0.05) is 41.4 Å². The molecule has 0 saturated carbocycles. The Morgan fingerprint density at radius 2 is 1.72 bits per heavy atom. The van der Waals surface area contributed by atoms with E-state index >= 15 is 0 Å². The molecule has 0 spiro atoms. The molecule has 1 N–H and O–H groups in total. The molecule has 3 rings (SSSR count). The van der Waals surface area contributed by atoms with Gasteiger partial charge in [-0.05, 0) is 62.0 Å². The Morgan fingerprint density at radius 3 is 2.34 bits per heavy atom. The van der Waals surface area contributed by atoms with Crippen LogP contribution in [-0.2, 0) is 9.59 Å². The fourth-order valence-electron chi connectivity index (χ4n) is 3.08. The largest absolute Gasteiger partial charge is 0.372 e. The second-order valence-corrected chi connectivity index (χ2v) is 7.47. The number of hydrogen-bond donors (Lipinski definition) is 1. The highest BCUT2D eigenvalue weighted by molar-refractivity contribution is 7.80. The number of halogens is 2. The van der Waals surface area contributed by atoms with Gasteiger partial charge < -0.3 is 4.90 Å². The SMILES string of the molecule is CCN(CC)c1ccc(/C=C2\C(=O)NC(=S)N(c3cccc(Cl)c3Cl)C2=O)cc1. The van der Waals surface area contributed by atoms with Crippen LogP contribution in [0.5, 0.6) is 0 Å². The van der Waals surface area contributed by atoms with Gasteiger partial charge in [-0.2, -0.15) is 0 Å². The minimum absolute atomic E-state index is 0.0368. The van der Waals surface area contributed by atoms with E-state index in [1.807, 2.05) is 24.3 Å². The summed E-state index contributed by atoms with van der Waals surface area (Å²) in [4.78, 5) is 28.9. The van der Waals surface area contributed by atoms with E-state index in [2.05, 4.69) is 24.1 Å². The van der Waals surface area contributed by atoms with E-state index in [1.54, 1.807) is 18.2 Å². The summed E-state index contributed by atoms with van der Waals surface area (Å²) >= 11 is 17.5. The number of nitrogens with one attached hydrogen (secondary N) is 1. The van der Waals surface area contributed by atoms with Crippen molar-refractivity contribution in [1.82, 2.24) is 5.32 Å². The van der Waals surface area contributed by atoms with Crippen molar-refractivity contribution in [1.29, 1.82) is 0 Å². The molecule has 2 aromatic carbocycles. The van der Waals surface area contributed by atoms with E-state index in [-0.39, 0.29) is 20.7 Å². The molecule has 2 amide bonds. The second kappa shape index (κ2) is 8.95. The third-order valence-corrected chi connectivity index (χ3v) is 5.70. The summed E-state index contributed by atoms with van der Waals surface area (Å²) in [7, 11) is 0. The summed E-state index contributed by atoms with van der Waals surface area (Å²) in [6.45, 7) is 5.96. The summed E-state index contributed by atoms with van der Waals surface area (Å²) in [5.74, 6) is -1.11. The number of amides is 2. The Hall–Kier alpha value is -2.41. The second-order valence-electron chi connectivity index (χ2n) is 6.29. The summed E-state index contributed by atoms with van der Waals surface area (Å²) in [5.41, 5.74) is 2.08. The number of rotatable bonds is 5. The maximum absolute atomic E-state index is 13.1. The van der Waals surface area contributed by atoms with Crippen LogP contribution in [0.15, 0.2) is 48.0 Å². The van der Waals surface area contributed by atoms with Crippen LogP contribution in [0.25, 0.3) is 6.08 Å². The lowest BCUT2D eigenvalue weighted by Crippen LogP contribution is -2.54. The first kappa shape index (κ1) is 21.3. The van der Waals surface area contributed by atoms with Crippen molar-refractivity contribution in [2.45, 2.75) is 13.8 Å². The summed E-state index contributed by atoms with van der Waals surface area (Å²) in [6, 6.07) is 12.5. The average Bonchev–Trinajstić information content (AvgIpc) is 2.70. The maximum Gasteiger partial charge on any atom is 0.270 e. The predicted octanol–water partition coefficient (Wildman–Crippen LogP) is 4.67. The first-order chi connectivity index (χ1) is 13.9. The van der Waals surface area contributed by atoms with Crippen LogP contribution in [0, 0.1) is 0 Å². The molecule has 0 bridgehead atoms. The normalized spacial score (nSPS) is 15.7. The van der Waals surface area contributed by atoms with Crippen molar-refractivity contribution in [2.75, 3.05) is 22.9 Å². The summed E-state index contributed by atoms with van der Waals surface area (Å²) in [5, 5.41) is 2.97. The van der Waals surface area contributed by atoms with Gasteiger partial charge in [0.2, 0.25) is 0 Å². The Balaban J connectivity index is 1.96. The van der Waals surface area contributed by atoms with Crippen LogP contribution in [0.1, 0.15) is 19.4 Å². The predicted molar refractivity (Wildman–Crippen MR) is 123 cm³/mol. The van der Waals surface area contributed by atoms with E-state index < -0.39 is 11.8 Å². The van der Waals surface area contributed by atoms with E-state index in [1.165, 1.54) is 11.0 Å². The highest BCUT2D eigenvalue weighted by Gasteiger charge is 2.35. The monoisotopic (exact) mass is 447 g/mol. The van der Waals surface area contributed by atoms with Gasteiger partial charge in [0.15, 0.2) is 5.11 Å². The zero-order valence-electron chi connectivity index (χ0n) is 15.9. The highest BCUT2D eigenvalue weighted by atomic mass is 35.5. The van der Waals surface area contributed by atoms with Crippen LogP contribution >= 0.6 is 35.4 Å². The van der Waals surface area contributed by atoms with E-state index in [9.17, 15) is 9.59 Å². The van der Waals surface area contributed by atoms with Crippen LogP contribution in [0.2, 0.25) is 10.0 Å². The molecule has 1 aliphatic heterocycles. The van der Waals surface area contributed by atoms with Gasteiger partial charge in [0.1, 0.15) is 5.57 Å². The quantitative estimate of drug-likeness (QED) is 0.410. The lowest BCUT2D eigenvalue weighted by atomic mass is 10.1. The standard InChI is InChI=1S/C21H19Cl2N3O2S/c1-3-25(4-2)14-10-8-13(9-11-14)12-15-19(27)24-21(29)26(20(15)28)17-7-5-6-16(22)18(17)23/h5-12H,3-4H2,1-2H3,(H,24,27,29)/b15-12+. The van der Waals surface area contributed by atoms with Gasteiger partial charge in [0.05, 0.1) is 15.7 Å². The number of nitrogens with zero attached hydrogens (tertiary/aromatic N) is 2. The van der Waals surface area contributed by atoms with Crippen molar-refractivity contribution < 1.29 is 9.59 Å². The van der Waals surface area contributed by atoms with Gasteiger partial charge in [0, 0.05) is 18.8 Å². The molecule has 0 aliphatic carbocycles. The number of hydrogen-bond acceptors (Lipinski definition) is 4. The minimum atomic E-state index is -0.560. The van der Waals surface area contributed by atoms with Gasteiger partial charge in [-0.25, -0.2) is 0 Å². The van der Waals surface area contributed by atoms with Gasteiger partial charge in [0.25, 0.3) is 11.8 Å². The number of benzene rings is 2. The molecule has 1 fully saturated rings. The Labute approximate surface area is 184 Å². The molecule has 150 valence electrons. The Morgan fingerprint density at radius 1 is 1.07 bits per heavy atom. The molecule has 1 heterocycles. The van der Waals surface area contributed by atoms with Gasteiger partial charge in [-0.15, -0.1) is 0 Å². The summed E-state index contributed by atoms with van der Waals surface area (Å²) in [6.07, 6.45) is 1.54. The lowest BCUT2D eigenvalue weighted by molar-refractivity contribution is -0.122. The molecule has 2 aromatic rings. The third-order valence-electron chi connectivity index (χ3n) is 4.61. The van der Waals surface area contributed by atoms with Crippen LogP contribution in [0.3, 0.4) is 0 Å².